The largest absolute Gasteiger partial charge is 0.295 e. The minimum absolute atomic E-state index is 0.300. The van der Waals surface area contributed by atoms with Crippen LogP contribution in [0.25, 0.3) is 17.1 Å². The van der Waals surface area contributed by atoms with Gasteiger partial charge in [0.2, 0.25) is 0 Å². The van der Waals surface area contributed by atoms with Crippen LogP contribution in [-0.4, -0.2) is 34.6 Å². The molecular weight excluding hydrogens is 497 g/mol. The molecule has 6 aromatic rings. The zero-order valence-corrected chi connectivity index (χ0v) is 21.2. The monoisotopic (exact) mass is 521 g/mol. The number of H-pyrrole nitrogens is 2. The van der Waals surface area contributed by atoms with Gasteiger partial charge in [-0.15, -0.1) is 5.10 Å². The van der Waals surface area contributed by atoms with Gasteiger partial charge in [-0.25, -0.2) is 18.4 Å². The summed E-state index contributed by atoms with van der Waals surface area (Å²) in [5.41, 5.74) is 3.67. The van der Waals surface area contributed by atoms with E-state index in [1.807, 2.05) is 60.7 Å². The molecular formula is C29H24FN7O2. The molecule has 3 heterocycles. The van der Waals surface area contributed by atoms with E-state index in [4.69, 9.17) is 0 Å². The number of para-hydroxylation sites is 2. The summed E-state index contributed by atoms with van der Waals surface area (Å²) in [6.45, 7) is 3.59. The highest BCUT2D eigenvalue weighted by Crippen LogP contribution is 2.31. The van der Waals surface area contributed by atoms with E-state index in [0.717, 1.165) is 0 Å². The van der Waals surface area contributed by atoms with Crippen molar-refractivity contribution in [1.82, 2.24) is 34.6 Å². The number of nitrogens with one attached hydrogen (secondary N) is 2. The fourth-order valence-electron chi connectivity index (χ4n) is 4.89. The molecule has 0 saturated carbocycles. The Morgan fingerprint density at radius 2 is 1.18 bits per heavy atom. The van der Waals surface area contributed by atoms with E-state index in [1.165, 1.54) is 26.2 Å². The van der Waals surface area contributed by atoms with Gasteiger partial charge < -0.3 is 0 Å². The van der Waals surface area contributed by atoms with Crippen molar-refractivity contribution in [2.24, 2.45) is 0 Å². The number of aryl methyl sites for hydroxylation is 2. The zero-order chi connectivity index (χ0) is 27.1. The van der Waals surface area contributed by atoms with E-state index < -0.39 is 5.92 Å². The van der Waals surface area contributed by atoms with Gasteiger partial charge in [0.25, 0.3) is 11.1 Å². The second-order valence-corrected chi connectivity index (χ2v) is 9.25. The molecule has 6 rings (SSSR count). The second-order valence-electron chi connectivity index (χ2n) is 9.25. The Bertz CT molecular complexity index is 1780. The third-order valence-corrected chi connectivity index (χ3v) is 6.74. The van der Waals surface area contributed by atoms with Gasteiger partial charge in [0.15, 0.2) is 0 Å². The number of aromatic amines is 2. The Balaban J connectivity index is 1.57. The Morgan fingerprint density at radius 1 is 0.692 bits per heavy atom. The average molecular weight is 522 g/mol. The number of aromatic nitrogens is 7. The summed E-state index contributed by atoms with van der Waals surface area (Å²) >= 11 is 0. The third kappa shape index (κ3) is 4.21. The lowest BCUT2D eigenvalue weighted by Gasteiger charge is -2.12. The molecule has 0 atom stereocenters. The summed E-state index contributed by atoms with van der Waals surface area (Å²) in [7, 11) is 0. The van der Waals surface area contributed by atoms with Crippen molar-refractivity contribution in [2.75, 3.05) is 0 Å². The summed E-state index contributed by atoms with van der Waals surface area (Å²) in [5, 5.41) is 15.0. The summed E-state index contributed by atoms with van der Waals surface area (Å²) in [6.07, 6.45) is 1.66. The van der Waals surface area contributed by atoms with Gasteiger partial charge >= 0.3 is 0 Å². The van der Waals surface area contributed by atoms with Gasteiger partial charge in [-0.05, 0) is 62.4 Å². The van der Waals surface area contributed by atoms with Crippen molar-refractivity contribution >= 4 is 0 Å². The molecule has 0 radical (unpaired) electrons. The predicted octanol–water partition coefficient (Wildman–Crippen LogP) is 4.16. The summed E-state index contributed by atoms with van der Waals surface area (Å²) in [5.74, 6) is -1.20. The molecule has 39 heavy (non-hydrogen) atoms. The minimum atomic E-state index is -0.832. The number of halogens is 1. The zero-order valence-electron chi connectivity index (χ0n) is 21.2. The van der Waals surface area contributed by atoms with Crippen LogP contribution in [0.4, 0.5) is 4.39 Å². The van der Waals surface area contributed by atoms with Crippen LogP contribution in [0.2, 0.25) is 0 Å². The molecule has 3 aromatic heterocycles. The third-order valence-electron chi connectivity index (χ3n) is 6.74. The van der Waals surface area contributed by atoms with Crippen LogP contribution >= 0.6 is 0 Å². The highest BCUT2D eigenvalue weighted by molar-refractivity contribution is 5.46. The van der Waals surface area contributed by atoms with Crippen LogP contribution in [0.3, 0.4) is 0 Å². The van der Waals surface area contributed by atoms with Gasteiger partial charge in [0.1, 0.15) is 5.82 Å². The fraction of sp³-hybridized carbons (Fsp3) is 0.103. The van der Waals surface area contributed by atoms with E-state index >= 15 is 0 Å². The molecule has 9 nitrogen and oxygen atoms in total. The highest BCUT2D eigenvalue weighted by Gasteiger charge is 2.33. The molecule has 10 heteroatoms. The van der Waals surface area contributed by atoms with E-state index in [2.05, 4.69) is 20.5 Å². The lowest BCUT2D eigenvalue weighted by molar-refractivity contribution is 0.626. The van der Waals surface area contributed by atoms with E-state index in [-0.39, 0.29) is 16.9 Å². The summed E-state index contributed by atoms with van der Waals surface area (Å²) in [6, 6.07) is 24.2. The van der Waals surface area contributed by atoms with Crippen LogP contribution in [0.15, 0.2) is 101 Å². The van der Waals surface area contributed by atoms with Crippen molar-refractivity contribution in [2.45, 2.75) is 19.8 Å². The Morgan fingerprint density at radius 3 is 1.67 bits per heavy atom. The van der Waals surface area contributed by atoms with Gasteiger partial charge in [-0.3, -0.25) is 19.8 Å². The molecule has 0 aliphatic carbocycles. The quantitative estimate of drug-likeness (QED) is 0.343. The first-order valence-corrected chi connectivity index (χ1v) is 12.3. The van der Waals surface area contributed by atoms with Crippen LogP contribution in [0.5, 0.6) is 0 Å². The predicted molar refractivity (Wildman–Crippen MR) is 145 cm³/mol. The number of benzene rings is 3. The van der Waals surface area contributed by atoms with Crippen LogP contribution in [-0.2, 0) is 0 Å². The first kappa shape index (κ1) is 24.1. The average Bonchev–Trinajstić information content (AvgIpc) is 3.64. The number of hydrogen-bond acceptors (Lipinski definition) is 4. The maximum absolute atomic E-state index is 13.9. The summed E-state index contributed by atoms with van der Waals surface area (Å²) in [4.78, 5) is 27.8. The van der Waals surface area contributed by atoms with E-state index in [1.54, 1.807) is 32.2 Å². The molecule has 0 unspecified atom stereocenters. The molecule has 0 amide bonds. The first-order valence-electron chi connectivity index (χ1n) is 12.3. The van der Waals surface area contributed by atoms with Crippen molar-refractivity contribution in [3.05, 3.63) is 146 Å². The molecule has 3 aromatic carbocycles. The second kappa shape index (κ2) is 9.56. The maximum Gasteiger partial charge on any atom is 0.275 e. The number of nitrogens with zero attached hydrogens (tertiary/aromatic N) is 5. The minimum Gasteiger partial charge on any atom is -0.295 e. The molecule has 0 bridgehead atoms. The van der Waals surface area contributed by atoms with Gasteiger partial charge in [-0.1, -0.05) is 41.6 Å². The Labute approximate surface area is 221 Å². The first-order chi connectivity index (χ1) is 18.9. The van der Waals surface area contributed by atoms with Crippen molar-refractivity contribution < 1.29 is 4.39 Å². The molecule has 0 fully saturated rings. The fourth-order valence-corrected chi connectivity index (χ4v) is 4.89. The molecule has 0 spiro atoms. The lowest BCUT2D eigenvalue weighted by atomic mass is 9.89. The van der Waals surface area contributed by atoms with Crippen molar-refractivity contribution in [3.63, 3.8) is 0 Å². The highest BCUT2D eigenvalue weighted by atomic mass is 19.1. The Kier molecular flexibility index (Phi) is 5.91. The van der Waals surface area contributed by atoms with E-state index in [0.29, 0.717) is 45.3 Å². The van der Waals surface area contributed by atoms with Crippen LogP contribution < -0.4 is 11.1 Å². The Hall–Kier alpha value is -5.25. The number of hydrogen-bond donors (Lipinski definition) is 2. The van der Waals surface area contributed by atoms with Crippen molar-refractivity contribution in [3.8, 4) is 17.1 Å². The van der Waals surface area contributed by atoms with Crippen molar-refractivity contribution in [1.29, 1.82) is 0 Å². The smallest absolute Gasteiger partial charge is 0.275 e. The van der Waals surface area contributed by atoms with E-state index in [9.17, 15) is 14.0 Å². The van der Waals surface area contributed by atoms with Crippen LogP contribution in [0.1, 0.15) is 34.1 Å². The molecule has 2 N–H and O–H groups in total. The van der Waals surface area contributed by atoms with Gasteiger partial charge in [-0.2, -0.15) is 0 Å². The van der Waals surface area contributed by atoms with Crippen LogP contribution in [0, 0.1) is 19.7 Å². The molecule has 194 valence electrons. The standard InChI is InChI=1S/C29H24FN7O2/c1-18-25(28(38)36(32-18)22-9-5-3-6-10-22)27(24-17-35(34-31-24)21-15-13-20(30)14-16-21)26-19(2)33-37(29(26)39)23-11-7-4-8-12-23/h3-17,27,32-33H,1-2H3. The maximum atomic E-state index is 13.9. The molecule has 0 aliphatic rings. The van der Waals surface area contributed by atoms with Gasteiger partial charge in [0.05, 0.1) is 46.0 Å². The molecule has 0 aliphatic heterocycles. The lowest BCUT2D eigenvalue weighted by Crippen LogP contribution is -2.25. The topological polar surface area (TPSA) is 106 Å². The molecule has 0 saturated heterocycles. The summed E-state index contributed by atoms with van der Waals surface area (Å²) < 4.78 is 17.9. The van der Waals surface area contributed by atoms with Gasteiger partial charge in [0, 0.05) is 11.4 Å². The number of rotatable bonds is 6. The normalized spacial score (nSPS) is 11.4. The SMILES string of the molecule is Cc1[nH]n(-c2ccccc2)c(=O)c1C(c1cn(-c2ccc(F)cc2)nn1)c1c(C)[nH]n(-c2ccccc2)c1=O.